The van der Waals surface area contributed by atoms with Gasteiger partial charge < -0.3 is 4.90 Å². The molecule has 1 saturated heterocycles. The normalized spacial score (nSPS) is 15.6. The van der Waals surface area contributed by atoms with Crippen molar-refractivity contribution in [1.82, 2.24) is 4.90 Å². The van der Waals surface area contributed by atoms with E-state index < -0.39 is 0 Å². The van der Waals surface area contributed by atoms with E-state index in [9.17, 15) is 10.1 Å². The summed E-state index contributed by atoms with van der Waals surface area (Å²) in [5.41, 5.74) is 2.92. The van der Waals surface area contributed by atoms with Crippen molar-refractivity contribution >= 4 is 11.8 Å². The van der Waals surface area contributed by atoms with Gasteiger partial charge in [0, 0.05) is 19.2 Å². The van der Waals surface area contributed by atoms with Crippen LogP contribution in [0.4, 0.5) is 5.69 Å². The molecule has 2 rings (SSSR count). The maximum absolute atomic E-state index is 11.0. The van der Waals surface area contributed by atoms with Gasteiger partial charge in [-0.05, 0) is 56.2 Å². The fraction of sp³-hybridized carbons (Fsp3) is 0.429. The van der Waals surface area contributed by atoms with Gasteiger partial charge in [-0.2, -0.15) is 0 Å². The number of likely N-dealkylation sites (tertiary alicyclic amines) is 1. The molecule has 18 heavy (non-hydrogen) atoms. The molecule has 1 aliphatic heterocycles. The van der Waals surface area contributed by atoms with Gasteiger partial charge in [-0.25, -0.2) is 0 Å². The van der Waals surface area contributed by atoms with Crippen molar-refractivity contribution in [2.24, 2.45) is 0 Å². The largest absolute Gasteiger partial charge is 0.377 e. The Labute approximate surface area is 107 Å². The number of nitro groups is 1. The van der Waals surface area contributed by atoms with Gasteiger partial charge in [-0.1, -0.05) is 0 Å². The SMILES string of the molecule is Cc1cc(/C=C/N2CCCC2)c([N+](=O)[O-])cc1C. The predicted octanol–water partition coefficient (Wildman–Crippen LogP) is 3.28. The first-order chi connectivity index (χ1) is 8.58. The summed E-state index contributed by atoms with van der Waals surface area (Å²) in [7, 11) is 0. The average Bonchev–Trinajstić information content (AvgIpc) is 2.83. The van der Waals surface area contributed by atoms with Crippen molar-refractivity contribution < 1.29 is 4.92 Å². The summed E-state index contributed by atoms with van der Waals surface area (Å²) >= 11 is 0. The Kier molecular flexibility index (Phi) is 3.65. The van der Waals surface area contributed by atoms with E-state index in [0.29, 0.717) is 5.56 Å². The molecule has 0 aromatic heterocycles. The molecule has 0 atom stereocenters. The molecule has 0 spiro atoms. The zero-order chi connectivity index (χ0) is 13.1. The first-order valence-corrected chi connectivity index (χ1v) is 6.26. The summed E-state index contributed by atoms with van der Waals surface area (Å²) in [5, 5.41) is 11.0. The lowest BCUT2D eigenvalue weighted by molar-refractivity contribution is -0.385. The van der Waals surface area contributed by atoms with Crippen LogP contribution >= 0.6 is 0 Å². The van der Waals surface area contributed by atoms with Crippen LogP contribution in [0.2, 0.25) is 0 Å². The van der Waals surface area contributed by atoms with Gasteiger partial charge in [0.05, 0.1) is 10.5 Å². The molecule has 0 saturated carbocycles. The molecular weight excluding hydrogens is 228 g/mol. The van der Waals surface area contributed by atoms with Crippen molar-refractivity contribution in [1.29, 1.82) is 0 Å². The summed E-state index contributed by atoms with van der Waals surface area (Å²) in [6.07, 6.45) is 6.25. The molecule has 4 heteroatoms. The second-order valence-corrected chi connectivity index (χ2v) is 4.81. The van der Waals surface area contributed by atoms with E-state index in [1.54, 1.807) is 6.07 Å². The number of aryl methyl sites for hydroxylation is 2. The van der Waals surface area contributed by atoms with Gasteiger partial charge in [0.25, 0.3) is 5.69 Å². The van der Waals surface area contributed by atoms with Crippen LogP contribution in [0.3, 0.4) is 0 Å². The number of rotatable bonds is 3. The smallest absolute Gasteiger partial charge is 0.276 e. The van der Waals surface area contributed by atoms with Gasteiger partial charge in [-0.15, -0.1) is 0 Å². The molecule has 1 aromatic rings. The summed E-state index contributed by atoms with van der Waals surface area (Å²) in [6, 6.07) is 3.54. The lowest BCUT2D eigenvalue weighted by Crippen LogP contribution is -2.10. The zero-order valence-electron chi connectivity index (χ0n) is 10.8. The molecule has 1 aromatic carbocycles. The molecule has 0 N–H and O–H groups in total. The minimum atomic E-state index is -0.309. The number of hydrogen-bond acceptors (Lipinski definition) is 3. The quantitative estimate of drug-likeness (QED) is 0.607. The van der Waals surface area contributed by atoms with E-state index in [-0.39, 0.29) is 10.6 Å². The minimum Gasteiger partial charge on any atom is -0.377 e. The highest BCUT2D eigenvalue weighted by atomic mass is 16.6. The fourth-order valence-corrected chi connectivity index (χ4v) is 2.19. The van der Waals surface area contributed by atoms with Gasteiger partial charge >= 0.3 is 0 Å². The molecule has 1 heterocycles. The number of nitrogens with zero attached hydrogens (tertiary/aromatic N) is 2. The Balaban J connectivity index is 2.30. The highest BCUT2D eigenvalue weighted by Crippen LogP contribution is 2.24. The van der Waals surface area contributed by atoms with Crippen molar-refractivity contribution in [3.8, 4) is 0 Å². The first-order valence-electron chi connectivity index (χ1n) is 6.26. The van der Waals surface area contributed by atoms with E-state index in [0.717, 1.165) is 24.2 Å². The van der Waals surface area contributed by atoms with Crippen molar-refractivity contribution in [2.75, 3.05) is 13.1 Å². The molecule has 96 valence electrons. The fourth-order valence-electron chi connectivity index (χ4n) is 2.19. The van der Waals surface area contributed by atoms with Gasteiger partial charge in [0.1, 0.15) is 0 Å². The summed E-state index contributed by atoms with van der Waals surface area (Å²) in [4.78, 5) is 12.9. The molecule has 4 nitrogen and oxygen atoms in total. The molecular formula is C14H18N2O2. The Morgan fingerprint density at radius 3 is 2.44 bits per heavy atom. The lowest BCUT2D eigenvalue weighted by Gasteiger charge is -2.10. The standard InChI is InChI=1S/C14H18N2O2/c1-11-9-13(5-8-15-6-3-4-7-15)14(16(17)18)10-12(11)2/h5,8-10H,3-4,6-7H2,1-2H3/b8-5+. The predicted molar refractivity (Wildman–Crippen MR) is 72.4 cm³/mol. The third-order valence-corrected chi connectivity index (χ3v) is 3.45. The van der Waals surface area contributed by atoms with Crippen LogP contribution in [0.25, 0.3) is 6.08 Å². The molecule has 0 radical (unpaired) electrons. The van der Waals surface area contributed by atoms with Crippen molar-refractivity contribution in [2.45, 2.75) is 26.7 Å². The highest BCUT2D eigenvalue weighted by molar-refractivity contribution is 5.63. The van der Waals surface area contributed by atoms with Crippen molar-refractivity contribution in [3.05, 3.63) is 45.1 Å². The van der Waals surface area contributed by atoms with E-state index >= 15 is 0 Å². The van der Waals surface area contributed by atoms with Gasteiger partial charge in [0.2, 0.25) is 0 Å². The second-order valence-electron chi connectivity index (χ2n) is 4.81. The molecule has 0 amide bonds. The summed E-state index contributed by atoms with van der Waals surface area (Å²) in [5.74, 6) is 0. The Morgan fingerprint density at radius 1 is 1.22 bits per heavy atom. The Morgan fingerprint density at radius 2 is 1.83 bits per heavy atom. The number of nitro benzene ring substituents is 1. The molecule has 0 bridgehead atoms. The van der Waals surface area contributed by atoms with Gasteiger partial charge in [0.15, 0.2) is 0 Å². The summed E-state index contributed by atoms with van der Waals surface area (Å²) in [6.45, 7) is 5.98. The van der Waals surface area contributed by atoms with Crippen LogP contribution in [-0.2, 0) is 0 Å². The monoisotopic (exact) mass is 246 g/mol. The van der Waals surface area contributed by atoms with E-state index in [1.165, 1.54) is 12.8 Å². The van der Waals surface area contributed by atoms with Crippen LogP contribution in [0.1, 0.15) is 29.5 Å². The molecule has 0 aliphatic carbocycles. The van der Waals surface area contributed by atoms with Gasteiger partial charge in [-0.3, -0.25) is 10.1 Å². The Hall–Kier alpha value is -1.84. The zero-order valence-corrected chi connectivity index (χ0v) is 10.8. The molecule has 0 unspecified atom stereocenters. The maximum atomic E-state index is 11.0. The van der Waals surface area contributed by atoms with Crippen molar-refractivity contribution in [3.63, 3.8) is 0 Å². The molecule has 1 aliphatic rings. The van der Waals surface area contributed by atoms with Crippen LogP contribution in [0.15, 0.2) is 18.3 Å². The van der Waals surface area contributed by atoms with Crippen LogP contribution < -0.4 is 0 Å². The average molecular weight is 246 g/mol. The number of benzene rings is 1. The van der Waals surface area contributed by atoms with E-state index in [2.05, 4.69) is 4.90 Å². The first kappa shape index (κ1) is 12.6. The van der Waals surface area contributed by atoms with E-state index in [4.69, 9.17) is 0 Å². The second kappa shape index (κ2) is 5.21. The minimum absolute atomic E-state index is 0.188. The third kappa shape index (κ3) is 2.70. The van der Waals surface area contributed by atoms with Crippen LogP contribution in [-0.4, -0.2) is 22.9 Å². The maximum Gasteiger partial charge on any atom is 0.276 e. The Bertz CT molecular complexity index is 489. The lowest BCUT2D eigenvalue weighted by atomic mass is 10.0. The van der Waals surface area contributed by atoms with E-state index in [1.807, 2.05) is 32.2 Å². The third-order valence-electron chi connectivity index (χ3n) is 3.45. The summed E-state index contributed by atoms with van der Waals surface area (Å²) < 4.78 is 0. The number of hydrogen-bond donors (Lipinski definition) is 0. The topological polar surface area (TPSA) is 46.4 Å². The highest BCUT2D eigenvalue weighted by Gasteiger charge is 2.14. The molecule has 1 fully saturated rings. The van der Waals surface area contributed by atoms with Crippen LogP contribution in [0, 0.1) is 24.0 Å². The van der Waals surface area contributed by atoms with Crippen LogP contribution in [0.5, 0.6) is 0 Å².